The molecule has 152 valence electrons. The molecule has 0 bridgehead atoms. The Labute approximate surface area is 177 Å². The van der Waals surface area contributed by atoms with Crippen LogP contribution in [-0.2, 0) is 19.5 Å². The van der Waals surface area contributed by atoms with Crippen molar-refractivity contribution in [3.05, 3.63) is 88.3 Å². The smallest absolute Gasteiger partial charge is 0.263 e. The van der Waals surface area contributed by atoms with Gasteiger partial charge in [0.05, 0.1) is 11.9 Å². The summed E-state index contributed by atoms with van der Waals surface area (Å²) in [6.45, 7) is 2.90. The maximum atomic E-state index is 13.0. The van der Waals surface area contributed by atoms with Gasteiger partial charge in [0.15, 0.2) is 0 Å². The summed E-state index contributed by atoms with van der Waals surface area (Å²) in [6, 6.07) is 16.2. The summed E-state index contributed by atoms with van der Waals surface area (Å²) < 4.78 is 14.7. The molecule has 2 aromatic carbocycles. The highest BCUT2D eigenvalue weighted by molar-refractivity contribution is 7.17. The molecule has 8 heteroatoms. The van der Waals surface area contributed by atoms with E-state index in [0.717, 1.165) is 11.1 Å². The van der Waals surface area contributed by atoms with Crippen molar-refractivity contribution in [3.8, 4) is 10.7 Å². The maximum Gasteiger partial charge on any atom is 0.263 e. The first-order valence-corrected chi connectivity index (χ1v) is 10.3. The van der Waals surface area contributed by atoms with Crippen LogP contribution in [0.1, 0.15) is 26.5 Å². The summed E-state index contributed by atoms with van der Waals surface area (Å²) in [5, 5.41) is 11.9. The van der Waals surface area contributed by atoms with Gasteiger partial charge < -0.3 is 5.32 Å². The zero-order valence-corrected chi connectivity index (χ0v) is 17.2. The predicted molar refractivity (Wildman–Crippen MR) is 114 cm³/mol. The van der Waals surface area contributed by atoms with Gasteiger partial charge in [-0.3, -0.25) is 9.48 Å². The molecule has 30 heavy (non-hydrogen) atoms. The lowest BCUT2D eigenvalue weighted by molar-refractivity contribution is 0.0954. The Morgan fingerprint density at radius 2 is 1.87 bits per heavy atom. The molecule has 0 aliphatic rings. The minimum atomic E-state index is -0.246. The molecule has 0 aliphatic heterocycles. The van der Waals surface area contributed by atoms with E-state index >= 15 is 0 Å². The van der Waals surface area contributed by atoms with Crippen molar-refractivity contribution in [1.29, 1.82) is 0 Å². The summed E-state index contributed by atoms with van der Waals surface area (Å²) in [7, 11) is 0. The van der Waals surface area contributed by atoms with Crippen molar-refractivity contribution in [3.63, 3.8) is 0 Å². The number of carbonyl (C=O) groups excluding carboxylic acids is 1. The fraction of sp³-hybridized carbons (Fsp3) is 0.182. The number of carbonyl (C=O) groups is 1. The Bertz CT molecular complexity index is 1140. The molecule has 0 atom stereocenters. The van der Waals surface area contributed by atoms with E-state index in [1.807, 2.05) is 43.5 Å². The Hall–Kier alpha value is -3.39. The summed E-state index contributed by atoms with van der Waals surface area (Å²) in [5.74, 6) is -0.395. The number of nitrogens with one attached hydrogen (secondary N) is 1. The zero-order chi connectivity index (χ0) is 20.9. The highest BCUT2D eigenvalue weighted by Crippen LogP contribution is 2.26. The molecule has 4 rings (SSSR count). The Kier molecular flexibility index (Phi) is 5.94. The molecule has 2 heterocycles. The first-order chi connectivity index (χ1) is 14.6. The van der Waals surface area contributed by atoms with Crippen molar-refractivity contribution >= 4 is 17.2 Å². The normalized spacial score (nSPS) is 10.9. The number of hydrogen-bond acceptors (Lipinski definition) is 5. The number of hydrogen-bond donors (Lipinski definition) is 1. The molecule has 0 saturated carbocycles. The average Bonchev–Trinajstić information content (AvgIpc) is 3.39. The highest BCUT2D eigenvalue weighted by Gasteiger charge is 2.18. The van der Waals surface area contributed by atoms with Crippen LogP contribution in [0.15, 0.2) is 60.8 Å². The SMILES string of the molecule is Cc1nc(-c2cn(CCc3ccc(F)cc3)nn2)sc1C(=O)NCc1ccccc1. The number of aryl methyl sites for hydroxylation is 3. The monoisotopic (exact) mass is 421 g/mol. The van der Waals surface area contributed by atoms with Gasteiger partial charge in [0.2, 0.25) is 0 Å². The first-order valence-electron chi connectivity index (χ1n) is 9.53. The molecule has 2 aromatic heterocycles. The van der Waals surface area contributed by atoms with Crippen LogP contribution < -0.4 is 5.32 Å². The van der Waals surface area contributed by atoms with Crippen molar-refractivity contribution in [2.45, 2.75) is 26.4 Å². The van der Waals surface area contributed by atoms with E-state index in [-0.39, 0.29) is 11.7 Å². The number of aromatic nitrogens is 4. The number of amides is 1. The predicted octanol–water partition coefficient (Wildman–Crippen LogP) is 4.02. The molecule has 0 aliphatic carbocycles. The van der Waals surface area contributed by atoms with Crippen molar-refractivity contribution in [1.82, 2.24) is 25.3 Å². The molecule has 1 amide bonds. The fourth-order valence-corrected chi connectivity index (χ4v) is 3.91. The number of halogens is 1. The Morgan fingerprint density at radius 1 is 1.10 bits per heavy atom. The first kappa shape index (κ1) is 19.9. The van der Waals surface area contributed by atoms with Gasteiger partial charge in [0, 0.05) is 13.1 Å². The van der Waals surface area contributed by atoms with Crippen LogP contribution in [0.4, 0.5) is 4.39 Å². The summed E-state index contributed by atoms with van der Waals surface area (Å²) >= 11 is 1.30. The second kappa shape index (κ2) is 8.96. The summed E-state index contributed by atoms with van der Waals surface area (Å²) in [4.78, 5) is 17.6. The van der Waals surface area contributed by atoms with Crippen molar-refractivity contribution in [2.75, 3.05) is 0 Å². The summed E-state index contributed by atoms with van der Waals surface area (Å²) in [6.07, 6.45) is 2.53. The minimum absolute atomic E-state index is 0.149. The average molecular weight is 422 g/mol. The van der Waals surface area contributed by atoms with Gasteiger partial charge in [-0.25, -0.2) is 9.37 Å². The molecule has 4 aromatic rings. The van der Waals surface area contributed by atoms with Crippen LogP contribution in [0, 0.1) is 12.7 Å². The quantitative estimate of drug-likeness (QED) is 0.489. The Balaban J connectivity index is 1.40. The topological polar surface area (TPSA) is 72.7 Å². The fourth-order valence-electron chi connectivity index (χ4n) is 2.98. The maximum absolute atomic E-state index is 13.0. The van der Waals surface area contributed by atoms with Crippen LogP contribution in [0.2, 0.25) is 0 Å². The van der Waals surface area contributed by atoms with Crippen LogP contribution in [-0.4, -0.2) is 25.9 Å². The van der Waals surface area contributed by atoms with Crippen LogP contribution in [0.5, 0.6) is 0 Å². The molecule has 0 unspecified atom stereocenters. The Morgan fingerprint density at radius 3 is 2.63 bits per heavy atom. The van der Waals surface area contributed by atoms with E-state index in [9.17, 15) is 9.18 Å². The molecular weight excluding hydrogens is 401 g/mol. The molecule has 0 fully saturated rings. The second-order valence-electron chi connectivity index (χ2n) is 6.85. The molecule has 1 N–H and O–H groups in total. The van der Waals surface area contributed by atoms with E-state index in [2.05, 4.69) is 20.6 Å². The highest BCUT2D eigenvalue weighted by atomic mass is 32.1. The van der Waals surface area contributed by atoms with E-state index in [4.69, 9.17) is 0 Å². The summed E-state index contributed by atoms with van der Waals surface area (Å²) in [5.41, 5.74) is 3.36. The van der Waals surface area contributed by atoms with Crippen LogP contribution >= 0.6 is 11.3 Å². The molecule has 0 radical (unpaired) electrons. The third kappa shape index (κ3) is 4.77. The number of thiazole rings is 1. The number of rotatable bonds is 7. The van der Waals surface area contributed by atoms with Gasteiger partial charge in [-0.05, 0) is 36.6 Å². The lowest BCUT2D eigenvalue weighted by atomic mass is 10.1. The van der Waals surface area contributed by atoms with Gasteiger partial charge in [-0.15, -0.1) is 16.4 Å². The molecule has 0 saturated heterocycles. The van der Waals surface area contributed by atoms with Gasteiger partial charge in [0.25, 0.3) is 5.91 Å². The lowest BCUT2D eigenvalue weighted by Gasteiger charge is -2.03. The van der Waals surface area contributed by atoms with Gasteiger partial charge >= 0.3 is 0 Å². The zero-order valence-electron chi connectivity index (χ0n) is 16.4. The third-order valence-electron chi connectivity index (χ3n) is 4.60. The largest absolute Gasteiger partial charge is 0.347 e. The number of benzene rings is 2. The van der Waals surface area contributed by atoms with Gasteiger partial charge in [-0.1, -0.05) is 47.7 Å². The second-order valence-corrected chi connectivity index (χ2v) is 7.84. The van der Waals surface area contributed by atoms with Gasteiger partial charge in [0.1, 0.15) is 21.4 Å². The van der Waals surface area contributed by atoms with E-state index < -0.39 is 0 Å². The lowest BCUT2D eigenvalue weighted by Crippen LogP contribution is -2.22. The van der Waals surface area contributed by atoms with E-state index in [1.54, 1.807) is 16.8 Å². The van der Waals surface area contributed by atoms with Gasteiger partial charge in [-0.2, -0.15) is 0 Å². The minimum Gasteiger partial charge on any atom is -0.347 e. The molecular formula is C22H20FN5OS. The van der Waals surface area contributed by atoms with Crippen LogP contribution in [0.25, 0.3) is 10.7 Å². The standard InChI is InChI=1S/C22H20FN5OS/c1-15-20(21(29)24-13-17-5-3-2-4-6-17)30-22(25-15)19-14-28(27-26-19)12-11-16-7-9-18(23)10-8-16/h2-10,14H,11-13H2,1H3,(H,24,29). The van der Waals surface area contributed by atoms with E-state index in [0.29, 0.717) is 40.8 Å². The van der Waals surface area contributed by atoms with Crippen molar-refractivity contribution in [2.24, 2.45) is 0 Å². The molecule has 6 nitrogen and oxygen atoms in total. The molecule has 0 spiro atoms. The van der Waals surface area contributed by atoms with Crippen LogP contribution in [0.3, 0.4) is 0 Å². The van der Waals surface area contributed by atoms with E-state index in [1.165, 1.54) is 23.5 Å². The van der Waals surface area contributed by atoms with Crippen molar-refractivity contribution < 1.29 is 9.18 Å². The number of nitrogens with zero attached hydrogens (tertiary/aromatic N) is 4. The third-order valence-corrected chi connectivity index (χ3v) is 5.78.